The normalized spacial score (nSPS) is 10.3. The zero-order chi connectivity index (χ0) is 18.8. The highest BCUT2D eigenvalue weighted by Gasteiger charge is 2.06. The van der Waals surface area contributed by atoms with Gasteiger partial charge >= 0.3 is 0 Å². The maximum absolute atomic E-state index is 5.57. The van der Waals surface area contributed by atoms with E-state index in [2.05, 4.69) is 18.0 Å². The van der Waals surface area contributed by atoms with Crippen LogP contribution in [0.2, 0.25) is 0 Å². The number of hydrogen-bond acceptors (Lipinski definition) is 5. The van der Waals surface area contributed by atoms with Gasteiger partial charge in [0.1, 0.15) is 6.61 Å². The fraction of sp³-hybridized carbons (Fsp3) is 0.333. The van der Waals surface area contributed by atoms with E-state index < -0.39 is 0 Å². The number of benzene rings is 2. The van der Waals surface area contributed by atoms with Crippen LogP contribution in [0.5, 0.6) is 23.0 Å². The van der Waals surface area contributed by atoms with Crippen molar-refractivity contribution in [2.45, 2.75) is 13.0 Å². The molecule has 0 spiro atoms. The molecule has 0 saturated heterocycles. The van der Waals surface area contributed by atoms with Gasteiger partial charge in [-0.05, 0) is 48.4 Å². The Morgan fingerprint density at radius 2 is 1.46 bits per heavy atom. The lowest BCUT2D eigenvalue weighted by Crippen LogP contribution is -2.16. The van der Waals surface area contributed by atoms with Gasteiger partial charge in [-0.3, -0.25) is 0 Å². The maximum Gasteiger partial charge on any atom is 0.161 e. The third-order valence-corrected chi connectivity index (χ3v) is 3.95. The summed E-state index contributed by atoms with van der Waals surface area (Å²) in [6, 6.07) is 11.9. The molecule has 26 heavy (non-hydrogen) atoms. The van der Waals surface area contributed by atoms with Crippen molar-refractivity contribution < 1.29 is 18.9 Å². The largest absolute Gasteiger partial charge is 0.493 e. The number of ether oxygens (including phenoxy) is 4. The minimum absolute atomic E-state index is 0.458. The molecule has 0 unspecified atom stereocenters. The van der Waals surface area contributed by atoms with E-state index in [0.717, 1.165) is 48.1 Å². The lowest BCUT2D eigenvalue weighted by atomic mass is 10.1. The highest BCUT2D eigenvalue weighted by Crippen LogP contribution is 2.28. The predicted molar refractivity (Wildman–Crippen MR) is 104 cm³/mol. The summed E-state index contributed by atoms with van der Waals surface area (Å²) in [5.41, 5.74) is 2.33. The third kappa shape index (κ3) is 5.43. The summed E-state index contributed by atoms with van der Waals surface area (Å²) in [6.07, 6.45) is 2.61. The van der Waals surface area contributed by atoms with Crippen LogP contribution < -0.4 is 24.3 Å². The molecule has 0 amide bonds. The summed E-state index contributed by atoms with van der Waals surface area (Å²) in [7, 11) is 4.93. The van der Waals surface area contributed by atoms with Crippen LogP contribution in [0.25, 0.3) is 0 Å². The number of hydrogen-bond donors (Lipinski definition) is 1. The molecule has 2 aromatic rings. The first-order valence-corrected chi connectivity index (χ1v) is 8.54. The fourth-order valence-electron chi connectivity index (χ4n) is 2.59. The van der Waals surface area contributed by atoms with Crippen LogP contribution in [0, 0.1) is 0 Å². The lowest BCUT2D eigenvalue weighted by Gasteiger charge is -2.12. The quantitative estimate of drug-likeness (QED) is 0.492. The first-order valence-electron chi connectivity index (χ1n) is 8.54. The van der Waals surface area contributed by atoms with Crippen molar-refractivity contribution in [3.05, 3.63) is 60.2 Å². The van der Waals surface area contributed by atoms with Crippen LogP contribution in [0.3, 0.4) is 0 Å². The van der Waals surface area contributed by atoms with Gasteiger partial charge < -0.3 is 24.3 Å². The number of nitrogens with one attached hydrogen (secondary N) is 1. The third-order valence-electron chi connectivity index (χ3n) is 3.95. The van der Waals surface area contributed by atoms with Crippen LogP contribution in [-0.2, 0) is 13.0 Å². The number of methoxy groups -OCH3 is 3. The zero-order valence-electron chi connectivity index (χ0n) is 15.7. The molecule has 0 fully saturated rings. The van der Waals surface area contributed by atoms with Crippen LogP contribution in [0.4, 0.5) is 0 Å². The molecule has 0 aliphatic rings. The van der Waals surface area contributed by atoms with Crippen LogP contribution in [-0.4, -0.2) is 34.5 Å². The van der Waals surface area contributed by atoms with Crippen LogP contribution in [0.1, 0.15) is 11.1 Å². The molecule has 0 bridgehead atoms. The summed E-state index contributed by atoms with van der Waals surface area (Å²) >= 11 is 0. The Labute approximate surface area is 155 Å². The summed E-state index contributed by atoms with van der Waals surface area (Å²) in [4.78, 5) is 0. The molecule has 140 valence electrons. The van der Waals surface area contributed by atoms with E-state index in [1.54, 1.807) is 27.4 Å². The first kappa shape index (κ1) is 19.7. The predicted octanol–water partition coefficient (Wildman–Crippen LogP) is 3.61. The van der Waals surface area contributed by atoms with E-state index in [-0.39, 0.29) is 0 Å². The molecule has 0 aliphatic carbocycles. The molecule has 0 saturated carbocycles. The molecule has 5 heteroatoms. The zero-order valence-corrected chi connectivity index (χ0v) is 15.7. The van der Waals surface area contributed by atoms with E-state index in [9.17, 15) is 0 Å². The molecule has 2 rings (SSSR count). The summed E-state index contributed by atoms with van der Waals surface area (Å²) in [5.74, 6) is 2.95. The smallest absolute Gasteiger partial charge is 0.161 e. The molecular formula is C21H27NO4. The van der Waals surface area contributed by atoms with Crippen molar-refractivity contribution in [2.75, 3.05) is 34.5 Å². The molecule has 1 N–H and O–H groups in total. The summed E-state index contributed by atoms with van der Waals surface area (Å²) in [6.45, 7) is 5.72. The lowest BCUT2D eigenvalue weighted by molar-refractivity contribution is 0.326. The minimum Gasteiger partial charge on any atom is -0.493 e. The summed E-state index contributed by atoms with van der Waals surface area (Å²) < 4.78 is 21.6. The van der Waals surface area contributed by atoms with Crippen molar-refractivity contribution in [1.29, 1.82) is 0 Å². The topological polar surface area (TPSA) is 49.0 Å². The summed E-state index contributed by atoms with van der Waals surface area (Å²) in [5, 5.41) is 3.45. The van der Waals surface area contributed by atoms with Crippen molar-refractivity contribution >= 4 is 0 Å². The van der Waals surface area contributed by atoms with E-state index in [1.807, 2.05) is 30.3 Å². The van der Waals surface area contributed by atoms with Gasteiger partial charge in [0.05, 0.1) is 21.3 Å². The van der Waals surface area contributed by atoms with Crippen molar-refractivity contribution in [3.8, 4) is 23.0 Å². The molecule has 0 aromatic heterocycles. The van der Waals surface area contributed by atoms with Crippen molar-refractivity contribution in [3.63, 3.8) is 0 Å². The standard InChI is InChI=1S/C21H27NO4/c1-5-12-26-19-9-7-17(14-21(19)25-4)15-22-11-10-16-6-8-18(23-2)20(13-16)24-3/h5-9,13-14,22H,1,10-12,15H2,2-4H3. The number of rotatable bonds is 11. The van der Waals surface area contributed by atoms with Crippen molar-refractivity contribution in [1.82, 2.24) is 5.32 Å². The average molecular weight is 357 g/mol. The Bertz CT molecular complexity index is 715. The van der Waals surface area contributed by atoms with Crippen LogP contribution >= 0.6 is 0 Å². The first-order chi connectivity index (χ1) is 12.7. The fourth-order valence-corrected chi connectivity index (χ4v) is 2.59. The second kappa shape index (κ2) is 10.4. The highest BCUT2D eigenvalue weighted by molar-refractivity contribution is 5.44. The average Bonchev–Trinajstić information content (AvgIpc) is 2.69. The van der Waals surface area contributed by atoms with Gasteiger partial charge in [-0.1, -0.05) is 24.8 Å². The second-order valence-corrected chi connectivity index (χ2v) is 5.70. The maximum atomic E-state index is 5.57. The van der Waals surface area contributed by atoms with Gasteiger partial charge in [-0.2, -0.15) is 0 Å². The Morgan fingerprint density at radius 1 is 0.846 bits per heavy atom. The molecule has 0 heterocycles. The Kier molecular flexibility index (Phi) is 7.83. The van der Waals surface area contributed by atoms with E-state index in [4.69, 9.17) is 18.9 Å². The van der Waals surface area contributed by atoms with Gasteiger partial charge in [0.15, 0.2) is 23.0 Å². The monoisotopic (exact) mass is 357 g/mol. The molecule has 0 aliphatic heterocycles. The Balaban J connectivity index is 1.87. The van der Waals surface area contributed by atoms with Gasteiger partial charge in [-0.25, -0.2) is 0 Å². The molecule has 2 aromatic carbocycles. The minimum atomic E-state index is 0.458. The SMILES string of the molecule is C=CCOc1ccc(CNCCc2ccc(OC)c(OC)c2)cc1OC. The highest BCUT2D eigenvalue weighted by atomic mass is 16.5. The molecular weight excluding hydrogens is 330 g/mol. The van der Waals surface area contributed by atoms with Crippen molar-refractivity contribution in [2.24, 2.45) is 0 Å². The Morgan fingerprint density at radius 3 is 2.15 bits per heavy atom. The second-order valence-electron chi connectivity index (χ2n) is 5.70. The van der Waals surface area contributed by atoms with Gasteiger partial charge in [0.25, 0.3) is 0 Å². The molecule has 0 atom stereocenters. The van der Waals surface area contributed by atoms with Crippen LogP contribution in [0.15, 0.2) is 49.1 Å². The van der Waals surface area contributed by atoms with E-state index in [1.165, 1.54) is 5.56 Å². The van der Waals surface area contributed by atoms with E-state index >= 15 is 0 Å². The van der Waals surface area contributed by atoms with Gasteiger partial charge in [0.2, 0.25) is 0 Å². The molecule has 5 nitrogen and oxygen atoms in total. The molecule has 0 radical (unpaired) electrons. The van der Waals surface area contributed by atoms with Gasteiger partial charge in [0, 0.05) is 6.54 Å². The Hall–Kier alpha value is -2.66. The van der Waals surface area contributed by atoms with E-state index in [0.29, 0.717) is 6.61 Å². The van der Waals surface area contributed by atoms with Gasteiger partial charge in [-0.15, -0.1) is 0 Å².